The summed E-state index contributed by atoms with van der Waals surface area (Å²) in [6.45, 7) is 4.38. The first-order chi connectivity index (χ1) is 8.87. The monoisotopic (exact) mass is 270 g/mol. The van der Waals surface area contributed by atoms with E-state index in [2.05, 4.69) is 25.2 Å². The van der Waals surface area contributed by atoms with Gasteiger partial charge in [-0.25, -0.2) is 8.78 Å². The highest BCUT2D eigenvalue weighted by Crippen LogP contribution is 2.46. The molecule has 1 N–H and O–H groups in total. The number of nitrogens with zero attached hydrogens (tertiary/aromatic N) is 1. The zero-order chi connectivity index (χ0) is 14.1. The lowest BCUT2D eigenvalue weighted by Crippen LogP contribution is -2.53. The number of nitriles is 1. The molecule has 2 fully saturated rings. The summed E-state index contributed by atoms with van der Waals surface area (Å²) in [6.07, 6.45) is 4.73. The molecule has 0 bridgehead atoms. The summed E-state index contributed by atoms with van der Waals surface area (Å²) in [5.74, 6) is -1.92. The first-order valence-electron chi connectivity index (χ1n) is 7.38. The Kier molecular flexibility index (Phi) is 4.15. The van der Waals surface area contributed by atoms with E-state index >= 15 is 0 Å². The van der Waals surface area contributed by atoms with Gasteiger partial charge in [-0.2, -0.15) is 5.26 Å². The molecule has 0 spiro atoms. The number of nitrogens with one attached hydrogen (secondary N) is 1. The second-order valence-electron chi connectivity index (χ2n) is 6.75. The van der Waals surface area contributed by atoms with Crippen molar-refractivity contribution in [3.63, 3.8) is 0 Å². The highest BCUT2D eigenvalue weighted by Gasteiger charge is 2.46. The van der Waals surface area contributed by atoms with Crippen LogP contribution in [0.5, 0.6) is 0 Å². The van der Waals surface area contributed by atoms with E-state index in [0.29, 0.717) is 18.4 Å². The number of halogens is 2. The molecule has 2 saturated carbocycles. The third kappa shape index (κ3) is 3.25. The SMILES string of the molecule is CC(C)C1(CC#N)CCC(NC2CC(F)(F)C2)CC1. The van der Waals surface area contributed by atoms with Gasteiger partial charge in [-0.3, -0.25) is 0 Å². The van der Waals surface area contributed by atoms with E-state index < -0.39 is 5.92 Å². The molecule has 0 saturated heterocycles. The fourth-order valence-electron chi connectivity index (χ4n) is 3.59. The van der Waals surface area contributed by atoms with Crippen molar-refractivity contribution >= 4 is 0 Å². The standard InChI is InChI=1S/C15H24F2N2/c1-11(2)14(7-8-18)5-3-12(4-6-14)19-13-9-15(16,17)10-13/h11-13,19H,3-7,9-10H2,1-2H3. The van der Waals surface area contributed by atoms with E-state index in [1.807, 2.05) is 0 Å². The Morgan fingerprint density at radius 3 is 2.21 bits per heavy atom. The Bertz CT molecular complexity index is 344. The van der Waals surface area contributed by atoms with Crippen LogP contribution in [0.2, 0.25) is 0 Å². The lowest BCUT2D eigenvalue weighted by molar-refractivity contribution is -0.0963. The average Bonchev–Trinajstić information content (AvgIpc) is 2.29. The van der Waals surface area contributed by atoms with E-state index in [4.69, 9.17) is 5.26 Å². The van der Waals surface area contributed by atoms with Crippen LogP contribution in [0.1, 0.15) is 58.8 Å². The molecular formula is C15H24F2N2. The fraction of sp³-hybridized carbons (Fsp3) is 0.933. The van der Waals surface area contributed by atoms with Crippen molar-refractivity contribution in [2.24, 2.45) is 11.3 Å². The molecule has 2 nitrogen and oxygen atoms in total. The summed E-state index contributed by atoms with van der Waals surface area (Å²) in [4.78, 5) is 0. The summed E-state index contributed by atoms with van der Waals surface area (Å²) in [5.41, 5.74) is 0.149. The zero-order valence-corrected chi connectivity index (χ0v) is 11.9. The summed E-state index contributed by atoms with van der Waals surface area (Å²) in [7, 11) is 0. The van der Waals surface area contributed by atoms with Crippen LogP contribution in [0.4, 0.5) is 8.78 Å². The van der Waals surface area contributed by atoms with Gasteiger partial charge in [-0.15, -0.1) is 0 Å². The van der Waals surface area contributed by atoms with Crippen molar-refractivity contribution < 1.29 is 8.78 Å². The topological polar surface area (TPSA) is 35.8 Å². The Balaban J connectivity index is 1.80. The molecule has 108 valence electrons. The molecule has 2 aliphatic carbocycles. The molecule has 2 rings (SSSR count). The van der Waals surface area contributed by atoms with Gasteiger partial charge in [0.1, 0.15) is 0 Å². The molecule has 0 unspecified atom stereocenters. The molecule has 0 aromatic heterocycles. The highest BCUT2D eigenvalue weighted by atomic mass is 19.3. The first-order valence-corrected chi connectivity index (χ1v) is 7.38. The van der Waals surface area contributed by atoms with Crippen LogP contribution in [0, 0.1) is 22.7 Å². The maximum Gasteiger partial charge on any atom is 0.251 e. The minimum Gasteiger partial charge on any atom is -0.311 e. The molecule has 0 aromatic carbocycles. The van der Waals surface area contributed by atoms with Crippen LogP contribution in [-0.4, -0.2) is 18.0 Å². The van der Waals surface area contributed by atoms with Gasteiger partial charge in [0.15, 0.2) is 0 Å². The minimum absolute atomic E-state index is 0.00233. The van der Waals surface area contributed by atoms with Crippen molar-refractivity contribution in [1.82, 2.24) is 5.32 Å². The van der Waals surface area contributed by atoms with Crippen molar-refractivity contribution in [2.75, 3.05) is 0 Å². The van der Waals surface area contributed by atoms with Crippen molar-refractivity contribution in [2.45, 2.75) is 76.8 Å². The first kappa shape index (κ1) is 14.7. The van der Waals surface area contributed by atoms with Gasteiger partial charge in [0.2, 0.25) is 0 Å². The average molecular weight is 270 g/mol. The van der Waals surface area contributed by atoms with E-state index in [-0.39, 0.29) is 24.3 Å². The van der Waals surface area contributed by atoms with Gasteiger partial charge in [0.25, 0.3) is 5.92 Å². The van der Waals surface area contributed by atoms with E-state index in [0.717, 1.165) is 25.7 Å². The molecule has 19 heavy (non-hydrogen) atoms. The molecule has 4 heteroatoms. The molecule has 0 aliphatic heterocycles. The highest BCUT2D eigenvalue weighted by molar-refractivity contribution is 4.98. The van der Waals surface area contributed by atoms with Gasteiger partial charge < -0.3 is 5.32 Å². The molecule has 0 atom stereocenters. The van der Waals surface area contributed by atoms with E-state index in [9.17, 15) is 8.78 Å². The summed E-state index contributed by atoms with van der Waals surface area (Å²) >= 11 is 0. The van der Waals surface area contributed by atoms with Gasteiger partial charge in [-0.1, -0.05) is 13.8 Å². The minimum atomic E-state index is -2.44. The van der Waals surface area contributed by atoms with Crippen LogP contribution in [0.25, 0.3) is 0 Å². The normalized spacial score (nSPS) is 34.8. The van der Waals surface area contributed by atoms with Gasteiger partial charge in [-0.05, 0) is 37.0 Å². The maximum absolute atomic E-state index is 12.8. The number of rotatable bonds is 4. The molecule has 0 amide bonds. The molecular weight excluding hydrogens is 246 g/mol. The van der Waals surface area contributed by atoms with Crippen molar-refractivity contribution in [1.29, 1.82) is 5.26 Å². The summed E-state index contributed by atoms with van der Waals surface area (Å²) in [6, 6.07) is 2.70. The molecule has 2 aliphatic rings. The Labute approximate surface area is 114 Å². The van der Waals surface area contributed by atoms with E-state index in [1.54, 1.807) is 0 Å². The number of alkyl halides is 2. The Hall–Kier alpha value is -0.690. The third-order valence-electron chi connectivity index (χ3n) is 5.20. The molecule has 0 aromatic rings. The largest absolute Gasteiger partial charge is 0.311 e. The van der Waals surface area contributed by atoms with E-state index in [1.165, 1.54) is 0 Å². The number of hydrogen-bond acceptors (Lipinski definition) is 2. The van der Waals surface area contributed by atoms with Crippen LogP contribution in [0.15, 0.2) is 0 Å². The second kappa shape index (κ2) is 5.36. The molecule has 0 radical (unpaired) electrons. The number of hydrogen-bond donors (Lipinski definition) is 1. The Morgan fingerprint density at radius 2 is 1.79 bits per heavy atom. The van der Waals surface area contributed by atoms with Gasteiger partial charge >= 0.3 is 0 Å². The van der Waals surface area contributed by atoms with Crippen LogP contribution < -0.4 is 5.32 Å². The van der Waals surface area contributed by atoms with Crippen LogP contribution >= 0.6 is 0 Å². The van der Waals surface area contributed by atoms with Crippen molar-refractivity contribution in [3.05, 3.63) is 0 Å². The predicted molar refractivity (Wildman–Crippen MR) is 70.9 cm³/mol. The smallest absolute Gasteiger partial charge is 0.251 e. The fourth-order valence-corrected chi connectivity index (χ4v) is 3.59. The second-order valence-corrected chi connectivity index (χ2v) is 6.75. The van der Waals surface area contributed by atoms with Crippen molar-refractivity contribution in [3.8, 4) is 6.07 Å². The quantitative estimate of drug-likeness (QED) is 0.841. The van der Waals surface area contributed by atoms with Gasteiger partial charge in [0, 0.05) is 31.3 Å². The zero-order valence-electron chi connectivity index (χ0n) is 11.9. The molecule has 0 heterocycles. The third-order valence-corrected chi connectivity index (χ3v) is 5.20. The van der Waals surface area contributed by atoms with Crippen LogP contribution in [-0.2, 0) is 0 Å². The lowest BCUT2D eigenvalue weighted by Gasteiger charge is -2.45. The van der Waals surface area contributed by atoms with Gasteiger partial charge in [0.05, 0.1) is 6.07 Å². The summed E-state index contributed by atoms with van der Waals surface area (Å²) in [5, 5.41) is 12.4. The maximum atomic E-state index is 12.8. The predicted octanol–water partition coefficient (Wildman–Crippen LogP) is 3.87. The van der Waals surface area contributed by atoms with Crippen LogP contribution in [0.3, 0.4) is 0 Å². The summed E-state index contributed by atoms with van der Waals surface area (Å²) < 4.78 is 25.6. The lowest BCUT2D eigenvalue weighted by atomic mass is 9.64. The Morgan fingerprint density at radius 1 is 1.21 bits per heavy atom.